The fraction of sp³-hybridized carbons (Fsp3) is 0.167. The maximum Gasteiger partial charge on any atom is 0.251 e. The lowest BCUT2D eigenvalue weighted by atomic mass is 10.2. The molecule has 5 heteroatoms. The second-order valence-electron chi connectivity index (χ2n) is 3.61. The number of hydrogen-bond acceptors (Lipinski definition) is 4. The molecular formula is C12H12N2OS2. The van der Waals surface area contributed by atoms with E-state index in [1.54, 1.807) is 30.5 Å². The number of thiol groups is 1. The zero-order valence-electron chi connectivity index (χ0n) is 9.25. The number of rotatable bonds is 3. The van der Waals surface area contributed by atoms with E-state index in [1.165, 1.54) is 11.3 Å². The van der Waals surface area contributed by atoms with Crippen molar-refractivity contribution in [3.05, 3.63) is 46.4 Å². The van der Waals surface area contributed by atoms with Crippen LogP contribution in [-0.2, 0) is 0 Å². The second kappa shape index (κ2) is 5.33. The van der Waals surface area contributed by atoms with E-state index >= 15 is 0 Å². The number of hydrogen-bond donors (Lipinski definition) is 2. The van der Waals surface area contributed by atoms with Gasteiger partial charge in [-0.25, -0.2) is 4.98 Å². The highest BCUT2D eigenvalue weighted by Crippen LogP contribution is 2.15. The number of aromatic nitrogens is 1. The molecule has 0 saturated heterocycles. The number of carbonyl (C=O) groups is 1. The summed E-state index contributed by atoms with van der Waals surface area (Å²) in [5.74, 6) is -0.0963. The van der Waals surface area contributed by atoms with Gasteiger partial charge in [-0.05, 0) is 31.2 Å². The maximum absolute atomic E-state index is 11.9. The van der Waals surface area contributed by atoms with Crippen molar-refractivity contribution >= 4 is 29.9 Å². The maximum atomic E-state index is 11.9. The Morgan fingerprint density at radius 2 is 2.12 bits per heavy atom. The fourth-order valence-corrected chi connectivity index (χ4v) is 2.20. The van der Waals surface area contributed by atoms with Crippen molar-refractivity contribution < 1.29 is 4.79 Å². The minimum atomic E-state index is -0.0963. The molecule has 1 N–H and O–H groups in total. The van der Waals surface area contributed by atoms with Gasteiger partial charge in [0.2, 0.25) is 0 Å². The van der Waals surface area contributed by atoms with E-state index in [-0.39, 0.29) is 11.9 Å². The molecule has 0 spiro atoms. The van der Waals surface area contributed by atoms with Crippen LogP contribution in [0.1, 0.15) is 28.3 Å². The summed E-state index contributed by atoms with van der Waals surface area (Å²) in [6.07, 6.45) is 1.73. The highest BCUT2D eigenvalue weighted by atomic mass is 32.1. The van der Waals surface area contributed by atoms with Crippen LogP contribution in [0.5, 0.6) is 0 Å². The molecule has 1 atom stereocenters. The average Bonchev–Trinajstić information content (AvgIpc) is 2.83. The first kappa shape index (κ1) is 12.1. The fourth-order valence-electron chi connectivity index (χ4n) is 1.40. The topological polar surface area (TPSA) is 42.0 Å². The molecule has 0 saturated carbocycles. The third kappa shape index (κ3) is 3.08. The largest absolute Gasteiger partial charge is 0.343 e. The molecule has 3 nitrogen and oxygen atoms in total. The highest BCUT2D eigenvalue weighted by molar-refractivity contribution is 7.80. The van der Waals surface area contributed by atoms with Gasteiger partial charge in [0.15, 0.2) is 0 Å². The van der Waals surface area contributed by atoms with Crippen molar-refractivity contribution in [2.45, 2.75) is 17.9 Å². The summed E-state index contributed by atoms with van der Waals surface area (Å²) in [5.41, 5.74) is 0.631. The summed E-state index contributed by atoms with van der Waals surface area (Å²) in [7, 11) is 0. The van der Waals surface area contributed by atoms with Gasteiger partial charge < -0.3 is 5.32 Å². The van der Waals surface area contributed by atoms with Crippen LogP contribution in [0, 0.1) is 0 Å². The average molecular weight is 264 g/mol. The molecule has 17 heavy (non-hydrogen) atoms. The molecule has 2 rings (SSSR count). The minimum absolute atomic E-state index is 0.0711. The number of nitrogens with zero attached hydrogens (tertiary/aromatic N) is 1. The Bertz CT molecular complexity index is 494. The summed E-state index contributed by atoms with van der Waals surface area (Å²) < 4.78 is 0. The van der Waals surface area contributed by atoms with E-state index in [9.17, 15) is 4.79 Å². The summed E-state index contributed by atoms with van der Waals surface area (Å²) in [6, 6.07) is 7.04. The molecule has 0 aliphatic carbocycles. The van der Waals surface area contributed by atoms with Crippen molar-refractivity contribution in [2.75, 3.05) is 0 Å². The van der Waals surface area contributed by atoms with Crippen molar-refractivity contribution in [1.29, 1.82) is 0 Å². The summed E-state index contributed by atoms with van der Waals surface area (Å²) in [5, 5.41) is 5.71. The van der Waals surface area contributed by atoms with E-state index in [2.05, 4.69) is 22.9 Å². The highest BCUT2D eigenvalue weighted by Gasteiger charge is 2.12. The lowest BCUT2D eigenvalue weighted by Crippen LogP contribution is -2.26. The van der Waals surface area contributed by atoms with Crippen molar-refractivity contribution in [1.82, 2.24) is 10.3 Å². The summed E-state index contributed by atoms with van der Waals surface area (Å²) in [6.45, 7) is 1.92. The predicted octanol–water partition coefficient (Wildman–Crippen LogP) is 2.92. The van der Waals surface area contributed by atoms with Gasteiger partial charge >= 0.3 is 0 Å². The summed E-state index contributed by atoms with van der Waals surface area (Å²) in [4.78, 5) is 16.9. The van der Waals surface area contributed by atoms with Gasteiger partial charge in [-0.3, -0.25) is 4.79 Å². The van der Waals surface area contributed by atoms with Crippen molar-refractivity contribution in [2.24, 2.45) is 0 Å². The quantitative estimate of drug-likeness (QED) is 0.837. The second-order valence-corrected chi connectivity index (χ2v) is 5.05. The van der Waals surface area contributed by atoms with E-state index in [4.69, 9.17) is 0 Å². The molecule has 0 aliphatic heterocycles. The van der Waals surface area contributed by atoms with E-state index < -0.39 is 0 Å². The third-order valence-electron chi connectivity index (χ3n) is 2.30. The van der Waals surface area contributed by atoms with Crippen LogP contribution in [0.4, 0.5) is 0 Å². The SMILES string of the molecule is CC(NC(=O)c1ccc(S)cc1)c1nccs1. The van der Waals surface area contributed by atoms with Crippen LogP contribution in [-0.4, -0.2) is 10.9 Å². The number of carbonyl (C=O) groups excluding carboxylic acids is 1. The molecular weight excluding hydrogens is 252 g/mol. The Kier molecular flexibility index (Phi) is 3.81. The van der Waals surface area contributed by atoms with Crippen LogP contribution >= 0.6 is 24.0 Å². The number of nitrogens with one attached hydrogen (secondary N) is 1. The zero-order valence-corrected chi connectivity index (χ0v) is 11.0. The van der Waals surface area contributed by atoms with Gasteiger partial charge in [0.05, 0.1) is 6.04 Å². The molecule has 1 aromatic carbocycles. The number of thiazole rings is 1. The van der Waals surface area contributed by atoms with Crippen LogP contribution in [0.25, 0.3) is 0 Å². The van der Waals surface area contributed by atoms with Gasteiger partial charge in [0.25, 0.3) is 5.91 Å². The molecule has 0 radical (unpaired) electrons. The van der Waals surface area contributed by atoms with Crippen molar-refractivity contribution in [3.63, 3.8) is 0 Å². The lowest BCUT2D eigenvalue weighted by Gasteiger charge is -2.11. The predicted molar refractivity (Wildman–Crippen MR) is 71.7 cm³/mol. The molecule has 1 unspecified atom stereocenters. The van der Waals surface area contributed by atoms with Crippen LogP contribution in [0.2, 0.25) is 0 Å². The lowest BCUT2D eigenvalue weighted by molar-refractivity contribution is 0.0940. The van der Waals surface area contributed by atoms with Gasteiger partial charge in [-0.15, -0.1) is 24.0 Å². The molecule has 1 aromatic heterocycles. The minimum Gasteiger partial charge on any atom is -0.343 e. The first-order valence-corrected chi connectivity index (χ1v) is 6.49. The molecule has 88 valence electrons. The van der Waals surface area contributed by atoms with Crippen LogP contribution in [0.3, 0.4) is 0 Å². The molecule has 1 amide bonds. The number of benzene rings is 1. The molecule has 0 bridgehead atoms. The standard InChI is InChI=1S/C12H12N2OS2/c1-8(12-13-6-7-17-12)14-11(15)9-2-4-10(16)5-3-9/h2-8,16H,1H3,(H,14,15). The van der Waals surface area contributed by atoms with Crippen LogP contribution in [0.15, 0.2) is 40.7 Å². The Morgan fingerprint density at radius 1 is 1.41 bits per heavy atom. The molecule has 0 aliphatic rings. The third-order valence-corrected chi connectivity index (χ3v) is 3.56. The molecule has 1 heterocycles. The van der Waals surface area contributed by atoms with Crippen molar-refractivity contribution in [3.8, 4) is 0 Å². The molecule has 0 fully saturated rings. The van der Waals surface area contributed by atoms with E-state index in [1.807, 2.05) is 12.3 Å². The van der Waals surface area contributed by atoms with Gasteiger partial charge in [-0.2, -0.15) is 0 Å². The van der Waals surface area contributed by atoms with Gasteiger partial charge in [0, 0.05) is 22.0 Å². The van der Waals surface area contributed by atoms with E-state index in [0.717, 1.165) is 9.90 Å². The molecule has 2 aromatic rings. The monoisotopic (exact) mass is 264 g/mol. The normalized spacial score (nSPS) is 12.1. The Morgan fingerprint density at radius 3 is 2.71 bits per heavy atom. The smallest absolute Gasteiger partial charge is 0.251 e. The van der Waals surface area contributed by atoms with E-state index in [0.29, 0.717) is 5.56 Å². The van der Waals surface area contributed by atoms with Crippen LogP contribution < -0.4 is 5.32 Å². The Hall–Kier alpha value is -1.33. The van der Waals surface area contributed by atoms with Gasteiger partial charge in [0.1, 0.15) is 5.01 Å². The number of amides is 1. The first-order chi connectivity index (χ1) is 8.16. The first-order valence-electron chi connectivity index (χ1n) is 5.16. The summed E-state index contributed by atoms with van der Waals surface area (Å²) >= 11 is 5.71. The Labute approximate surface area is 109 Å². The van der Waals surface area contributed by atoms with Gasteiger partial charge in [-0.1, -0.05) is 0 Å². The Balaban J connectivity index is 2.04. The zero-order chi connectivity index (χ0) is 12.3.